The van der Waals surface area contributed by atoms with Gasteiger partial charge in [-0.15, -0.1) is 0 Å². The Morgan fingerprint density at radius 2 is 2.33 bits per heavy atom. The summed E-state index contributed by atoms with van der Waals surface area (Å²) in [5.74, 6) is 0. The predicted octanol–water partition coefficient (Wildman–Crippen LogP) is 2.83. The van der Waals surface area contributed by atoms with Crippen LogP contribution in [0.2, 0.25) is 0 Å². The molecular weight excluding hydrogens is 222 g/mol. The molecule has 0 bridgehead atoms. The number of benzene rings is 1. The van der Waals surface area contributed by atoms with E-state index in [1.54, 1.807) is 11.1 Å². The van der Waals surface area contributed by atoms with Gasteiger partial charge in [0.25, 0.3) is 0 Å². The minimum atomic E-state index is 0.547. The number of nitrogens with one attached hydrogen (secondary N) is 1. The van der Waals surface area contributed by atoms with Crippen LogP contribution in [0.15, 0.2) is 18.2 Å². The molecule has 1 atom stereocenters. The third-order valence-electron chi connectivity index (χ3n) is 4.23. The van der Waals surface area contributed by atoms with Crippen molar-refractivity contribution in [2.45, 2.75) is 51.2 Å². The molecule has 0 aliphatic carbocycles. The fourth-order valence-electron chi connectivity index (χ4n) is 3.24. The van der Waals surface area contributed by atoms with Gasteiger partial charge in [-0.3, -0.25) is 0 Å². The summed E-state index contributed by atoms with van der Waals surface area (Å²) in [6, 6.07) is 6.80. The molecule has 2 aliphatic rings. The molecule has 1 unspecified atom stereocenters. The summed E-state index contributed by atoms with van der Waals surface area (Å²) in [6.07, 6.45) is 8.02. The van der Waals surface area contributed by atoms with Crippen molar-refractivity contribution in [3.05, 3.63) is 34.9 Å². The summed E-state index contributed by atoms with van der Waals surface area (Å²) in [7, 11) is 0. The maximum Gasteiger partial charge on any atom is 0.0576 e. The molecule has 18 heavy (non-hydrogen) atoms. The van der Waals surface area contributed by atoms with Crippen molar-refractivity contribution in [3.8, 4) is 0 Å². The van der Waals surface area contributed by atoms with Gasteiger partial charge in [0.05, 0.1) is 6.10 Å². The first-order valence-electron chi connectivity index (χ1n) is 7.35. The Kier molecular flexibility index (Phi) is 3.96. The molecule has 98 valence electrons. The first kappa shape index (κ1) is 12.2. The maximum atomic E-state index is 5.69. The van der Waals surface area contributed by atoms with Crippen molar-refractivity contribution >= 4 is 0 Å². The zero-order valence-corrected chi connectivity index (χ0v) is 11.1. The summed E-state index contributed by atoms with van der Waals surface area (Å²) >= 11 is 0. The Hall–Kier alpha value is -0.860. The topological polar surface area (TPSA) is 21.3 Å². The number of aryl methyl sites for hydroxylation is 1. The molecule has 2 heteroatoms. The van der Waals surface area contributed by atoms with E-state index >= 15 is 0 Å². The lowest BCUT2D eigenvalue weighted by atomic mass is 9.92. The van der Waals surface area contributed by atoms with Crippen LogP contribution in [0, 0.1) is 0 Å². The molecule has 3 rings (SSSR count). The second-order valence-electron chi connectivity index (χ2n) is 5.51. The van der Waals surface area contributed by atoms with Crippen molar-refractivity contribution in [3.63, 3.8) is 0 Å². The van der Waals surface area contributed by atoms with E-state index in [-0.39, 0.29) is 0 Å². The molecule has 2 heterocycles. The third kappa shape index (κ3) is 2.76. The Morgan fingerprint density at radius 1 is 1.33 bits per heavy atom. The van der Waals surface area contributed by atoms with Crippen LogP contribution in [0.3, 0.4) is 0 Å². The van der Waals surface area contributed by atoms with E-state index in [2.05, 4.69) is 23.5 Å². The molecule has 0 aromatic heterocycles. The standard InChI is InChI=1S/C16H23NO/c1-4-13(5-2-7-15-8-3-11-18-15)16-9-10-17-12-14(16)6-1/h1,4,6,15,17H,2-3,5,7-12H2. The first-order chi connectivity index (χ1) is 8.93. The van der Waals surface area contributed by atoms with Crippen LogP contribution >= 0.6 is 0 Å². The van der Waals surface area contributed by atoms with Crippen molar-refractivity contribution in [1.29, 1.82) is 0 Å². The van der Waals surface area contributed by atoms with Gasteiger partial charge >= 0.3 is 0 Å². The van der Waals surface area contributed by atoms with Gasteiger partial charge in [0.1, 0.15) is 0 Å². The largest absolute Gasteiger partial charge is 0.378 e. The maximum absolute atomic E-state index is 5.69. The van der Waals surface area contributed by atoms with E-state index in [0.29, 0.717) is 6.10 Å². The normalized spacial score (nSPS) is 23.0. The van der Waals surface area contributed by atoms with Gasteiger partial charge in [0, 0.05) is 13.2 Å². The fourth-order valence-corrected chi connectivity index (χ4v) is 3.24. The first-order valence-corrected chi connectivity index (χ1v) is 7.35. The molecular formula is C16H23NO. The van der Waals surface area contributed by atoms with E-state index in [1.165, 1.54) is 44.1 Å². The molecule has 2 aliphatic heterocycles. The molecule has 1 aromatic carbocycles. The van der Waals surface area contributed by atoms with Gasteiger partial charge in [-0.2, -0.15) is 0 Å². The van der Waals surface area contributed by atoms with Gasteiger partial charge < -0.3 is 10.1 Å². The lowest BCUT2D eigenvalue weighted by Crippen LogP contribution is -2.24. The highest BCUT2D eigenvalue weighted by atomic mass is 16.5. The highest BCUT2D eigenvalue weighted by molar-refractivity contribution is 5.37. The Labute approximate surface area is 110 Å². The van der Waals surface area contributed by atoms with E-state index in [1.807, 2.05) is 0 Å². The number of ether oxygens (including phenoxy) is 1. The third-order valence-corrected chi connectivity index (χ3v) is 4.23. The Balaban J connectivity index is 1.58. The van der Waals surface area contributed by atoms with Crippen LogP contribution in [0.4, 0.5) is 0 Å². The highest BCUT2D eigenvalue weighted by Gasteiger charge is 2.16. The van der Waals surface area contributed by atoms with Crippen LogP contribution in [0.1, 0.15) is 42.4 Å². The van der Waals surface area contributed by atoms with Crippen LogP contribution in [0.5, 0.6) is 0 Å². The van der Waals surface area contributed by atoms with Crippen molar-refractivity contribution < 1.29 is 4.74 Å². The smallest absolute Gasteiger partial charge is 0.0576 e. The molecule has 1 fully saturated rings. The van der Waals surface area contributed by atoms with Crippen LogP contribution in [-0.2, 0) is 24.1 Å². The van der Waals surface area contributed by atoms with Crippen LogP contribution < -0.4 is 5.32 Å². The summed E-state index contributed by atoms with van der Waals surface area (Å²) in [5, 5.41) is 3.45. The Bertz CT molecular complexity index is 396. The fraction of sp³-hybridized carbons (Fsp3) is 0.625. The van der Waals surface area contributed by atoms with Gasteiger partial charge in [-0.1, -0.05) is 18.2 Å². The van der Waals surface area contributed by atoms with Crippen LogP contribution in [0.25, 0.3) is 0 Å². The summed E-state index contributed by atoms with van der Waals surface area (Å²) in [5.41, 5.74) is 4.70. The molecule has 0 amide bonds. The highest BCUT2D eigenvalue weighted by Crippen LogP contribution is 2.22. The number of fused-ring (bicyclic) bond motifs is 1. The van der Waals surface area contributed by atoms with Gasteiger partial charge in [0.15, 0.2) is 0 Å². The SMILES string of the molecule is c1cc(CCCC2CCCO2)c2c(c1)CNCC2. The summed E-state index contributed by atoms with van der Waals surface area (Å²) < 4.78 is 5.69. The molecule has 0 spiro atoms. The number of hydrogen-bond acceptors (Lipinski definition) is 2. The second-order valence-corrected chi connectivity index (χ2v) is 5.51. The molecule has 2 nitrogen and oxygen atoms in total. The predicted molar refractivity (Wildman–Crippen MR) is 73.8 cm³/mol. The van der Waals surface area contributed by atoms with E-state index in [9.17, 15) is 0 Å². The lowest BCUT2D eigenvalue weighted by Gasteiger charge is -2.20. The Morgan fingerprint density at radius 3 is 3.22 bits per heavy atom. The number of hydrogen-bond donors (Lipinski definition) is 1. The van der Waals surface area contributed by atoms with Crippen molar-refractivity contribution in [2.24, 2.45) is 0 Å². The lowest BCUT2D eigenvalue weighted by molar-refractivity contribution is 0.102. The average molecular weight is 245 g/mol. The number of rotatable bonds is 4. The molecule has 1 N–H and O–H groups in total. The summed E-state index contributed by atoms with van der Waals surface area (Å²) in [4.78, 5) is 0. The van der Waals surface area contributed by atoms with Gasteiger partial charge in [-0.05, 0) is 61.8 Å². The molecule has 0 radical (unpaired) electrons. The van der Waals surface area contributed by atoms with Crippen molar-refractivity contribution in [1.82, 2.24) is 5.32 Å². The minimum absolute atomic E-state index is 0.547. The molecule has 1 saturated heterocycles. The zero-order chi connectivity index (χ0) is 12.2. The van der Waals surface area contributed by atoms with E-state index in [0.717, 1.165) is 19.7 Å². The summed E-state index contributed by atoms with van der Waals surface area (Å²) in [6.45, 7) is 3.17. The second kappa shape index (κ2) is 5.85. The van der Waals surface area contributed by atoms with Gasteiger partial charge in [0.2, 0.25) is 0 Å². The van der Waals surface area contributed by atoms with Gasteiger partial charge in [-0.25, -0.2) is 0 Å². The van der Waals surface area contributed by atoms with Crippen LogP contribution in [-0.4, -0.2) is 19.3 Å². The van der Waals surface area contributed by atoms with Crippen molar-refractivity contribution in [2.75, 3.05) is 13.2 Å². The monoisotopic (exact) mass is 245 g/mol. The zero-order valence-electron chi connectivity index (χ0n) is 11.1. The molecule has 1 aromatic rings. The van der Waals surface area contributed by atoms with E-state index < -0.39 is 0 Å². The minimum Gasteiger partial charge on any atom is -0.378 e. The van der Waals surface area contributed by atoms with E-state index in [4.69, 9.17) is 4.74 Å². The quantitative estimate of drug-likeness (QED) is 0.880. The molecule has 0 saturated carbocycles. The average Bonchev–Trinajstić information content (AvgIpc) is 2.92.